The fraction of sp³-hybridized carbons (Fsp3) is 0.115. The minimum absolute atomic E-state index is 0.121. The van der Waals surface area contributed by atoms with E-state index in [0.29, 0.717) is 28.5 Å². The Hall–Kier alpha value is -3.90. The maximum Gasteiger partial charge on any atom is 0.251 e. The van der Waals surface area contributed by atoms with Crippen LogP contribution in [0.5, 0.6) is 0 Å². The zero-order valence-electron chi connectivity index (χ0n) is 18.1. The molecule has 0 aliphatic carbocycles. The predicted molar refractivity (Wildman–Crippen MR) is 131 cm³/mol. The van der Waals surface area contributed by atoms with Crippen LogP contribution in [0.15, 0.2) is 85.1 Å². The normalized spacial score (nSPS) is 10.6. The first-order chi connectivity index (χ1) is 16.0. The van der Waals surface area contributed by atoms with Crippen LogP contribution < -0.4 is 10.6 Å². The number of amides is 2. The molecule has 7 heteroatoms. The number of carbonyl (C=O) groups is 2. The molecule has 2 N–H and O–H groups in total. The average molecular weight is 459 g/mol. The summed E-state index contributed by atoms with van der Waals surface area (Å²) in [5.41, 5.74) is 4.31. The molecule has 0 aliphatic rings. The van der Waals surface area contributed by atoms with Gasteiger partial charge in [0.2, 0.25) is 5.91 Å². The van der Waals surface area contributed by atoms with Crippen molar-refractivity contribution < 1.29 is 9.59 Å². The Labute approximate surface area is 197 Å². The number of anilines is 1. The third kappa shape index (κ3) is 5.48. The number of benzene rings is 3. The second-order valence-corrected chi connectivity index (χ2v) is 7.89. The third-order valence-corrected chi connectivity index (χ3v) is 5.28. The first kappa shape index (κ1) is 22.3. The fourth-order valence-electron chi connectivity index (χ4n) is 3.48. The summed E-state index contributed by atoms with van der Waals surface area (Å²) in [4.78, 5) is 25.0. The molecular formula is C26H23ClN4O2. The van der Waals surface area contributed by atoms with Gasteiger partial charge < -0.3 is 10.6 Å². The van der Waals surface area contributed by atoms with E-state index in [4.69, 9.17) is 16.7 Å². The molecular weight excluding hydrogens is 436 g/mol. The van der Waals surface area contributed by atoms with Gasteiger partial charge in [-0.25, -0.2) is 4.68 Å². The van der Waals surface area contributed by atoms with Crippen LogP contribution in [-0.4, -0.2) is 28.1 Å². The Kier molecular flexibility index (Phi) is 6.86. The Morgan fingerprint density at radius 2 is 1.73 bits per heavy atom. The summed E-state index contributed by atoms with van der Waals surface area (Å²) in [5, 5.41) is 11.0. The van der Waals surface area contributed by atoms with Crippen LogP contribution in [0.3, 0.4) is 0 Å². The number of para-hydroxylation sites is 1. The second-order valence-electron chi connectivity index (χ2n) is 7.46. The minimum atomic E-state index is -0.203. The van der Waals surface area contributed by atoms with E-state index in [0.717, 1.165) is 16.8 Å². The lowest BCUT2D eigenvalue weighted by Gasteiger charge is -2.08. The molecule has 2 amide bonds. The Bertz CT molecular complexity index is 1270. The van der Waals surface area contributed by atoms with E-state index in [1.807, 2.05) is 55.6 Å². The van der Waals surface area contributed by atoms with Crippen LogP contribution in [0.2, 0.25) is 5.02 Å². The summed E-state index contributed by atoms with van der Waals surface area (Å²) < 4.78 is 1.77. The van der Waals surface area contributed by atoms with Crippen molar-refractivity contribution in [1.29, 1.82) is 0 Å². The van der Waals surface area contributed by atoms with Gasteiger partial charge in [-0.05, 0) is 49.4 Å². The summed E-state index contributed by atoms with van der Waals surface area (Å²) in [5.74, 6) is -0.381. The fourth-order valence-corrected chi connectivity index (χ4v) is 3.61. The Balaban J connectivity index is 1.59. The van der Waals surface area contributed by atoms with Crippen molar-refractivity contribution in [3.8, 4) is 16.9 Å². The monoisotopic (exact) mass is 458 g/mol. The van der Waals surface area contributed by atoms with Crippen LogP contribution in [0, 0.1) is 0 Å². The molecule has 166 valence electrons. The van der Waals surface area contributed by atoms with Crippen molar-refractivity contribution in [2.45, 2.75) is 13.3 Å². The van der Waals surface area contributed by atoms with Gasteiger partial charge in [0.25, 0.3) is 5.91 Å². The molecule has 3 aromatic carbocycles. The highest BCUT2D eigenvalue weighted by Gasteiger charge is 2.16. The summed E-state index contributed by atoms with van der Waals surface area (Å²) in [6.45, 7) is 2.39. The van der Waals surface area contributed by atoms with Crippen LogP contribution >= 0.6 is 11.6 Å². The van der Waals surface area contributed by atoms with E-state index in [-0.39, 0.29) is 18.2 Å². The van der Waals surface area contributed by atoms with Gasteiger partial charge in [-0.1, -0.05) is 48.0 Å². The van der Waals surface area contributed by atoms with E-state index in [2.05, 4.69) is 10.6 Å². The van der Waals surface area contributed by atoms with E-state index < -0.39 is 0 Å². The lowest BCUT2D eigenvalue weighted by Crippen LogP contribution is -2.23. The minimum Gasteiger partial charge on any atom is -0.352 e. The molecule has 6 nitrogen and oxygen atoms in total. The van der Waals surface area contributed by atoms with E-state index in [1.165, 1.54) is 0 Å². The number of hydrogen-bond donors (Lipinski definition) is 2. The van der Waals surface area contributed by atoms with E-state index in [9.17, 15) is 9.59 Å². The maximum atomic E-state index is 12.9. The van der Waals surface area contributed by atoms with Gasteiger partial charge in [-0.3, -0.25) is 9.59 Å². The van der Waals surface area contributed by atoms with Gasteiger partial charge in [0.05, 0.1) is 17.8 Å². The molecule has 0 unspecified atom stereocenters. The lowest BCUT2D eigenvalue weighted by atomic mass is 10.1. The Morgan fingerprint density at radius 3 is 2.45 bits per heavy atom. The van der Waals surface area contributed by atoms with Crippen LogP contribution in [0.1, 0.15) is 22.8 Å². The summed E-state index contributed by atoms with van der Waals surface area (Å²) >= 11 is 6.05. The van der Waals surface area contributed by atoms with Crippen LogP contribution in [-0.2, 0) is 11.2 Å². The molecule has 4 aromatic rings. The highest BCUT2D eigenvalue weighted by Crippen LogP contribution is 2.26. The first-order valence-corrected chi connectivity index (χ1v) is 11.0. The number of aromatic nitrogens is 2. The van der Waals surface area contributed by atoms with Gasteiger partial charge in [0.15, 0.2) is 0 Å². The maximum absolute atomic E-state index is 12.9. The molecule has 4 rings (SSSR count). The van der Waals surface area contributed by atoms with Crippen molar-refractivity contribution >= 4 is 29.1 Å². The van der Waals surface area contributed by atoms with Crippen molar-refractivity contribution in [2.75, 3.05) is 11.9 Å². The van der Waals surface area contributed by atoms with Crippen molar-refractivity contribution in [1.82, 2.24) is 15.1 Å². The molecule has 1 aromatic heterocycles. The molecule has 0 spiro atoms. The predicted octanol–water partition coefficient (Wildman–Crippen LogP) is 5.12. The molecule has 0 atom stereocenters. The molecule has 0 aliphatic heterocycles. The smallest absolute Gasteiger partial charge is 0.251 e. The zero-order chi connectivity index (χ0) is 23.2. The summed E-state index contributed by atoms with van der Waals surface area (Å²) in [6.07, 6.45) is 1.99. The van der Waals surface area contributed by atoms with Crippen LogP contribution in [0.4, 0.5) is 5.69 Å². The van der Waals surface area contributed by atoms with Crippen LogP contribution in [0.25, 0.3) is 16.9 Å². The van der Waals surface area contributed by atoms with E-state index in [1.54, 1.807) is 41.1 Å². The largest absolute Gasteiger partial charge is 0.352 e. The zero-order valence-corrected chi connectivity index (χ0v) is 18.8. The van der Waals surface area contributed by atoms with Crippen molar-refractivity contribution in [2.24, 2.45) is 0 Å². The molecule has 33 heavy (non-hydrogen) atoms. The molecule has 0 bridgehead atoms. The average Bonchev–Trinajstić information content (AvgIpc) is 3.24. The highest BCUT2D eigenvalue weighted by molar-refractivity contribution is 6.30. The van der Waals surface area contributed by atoms with Gasteiger partial charge in [0.1, 0.15) is 0 Å². The number of halogens is 1. The number of hydrogen-bond acceptors (Lipinski definition) is 3. The van der Waals surface area contributed by atoms with Gasteiger partial charge in [-0.15, -0.1) is 0 Å². The number of nitrogens with zero attached hydrogens (tertiary/aromatic N) is 2. The SMILES string of the molecule is CCNC(=O)c1cccc(NC(=O)Cc2cn(-c3ccccc3)nc2-c2ccc(Cl)cc2)c1. The first-order valence-electron chi connectivity index (χ1n) is 10.6. The summed E-state index contributed by atoms with van der Waals surface area (Å²) in [7, 11) is 0. The summed E-state index contributed by atoms with van der Waals surface area (Å²) in [6, 6.07) is 24.0. The molecule has 0 saturated heterocycles. The quantitative estimate of drug-likeness (QED) is 0.403. The standard InChI is InChI=1S/C26H23ClN4O2/c1-2-28-26(33)19-7-6-8-22(15-19)29-24(32)16-20-17-31(23-9-4-3-5-10-23)30-25(20)18-11-13-21(27)14-12-18/h3-15,17H,2,16H2,1H3,(H,28,33)(H,29,32). The lowest BCUT2D eigenvalue weighted by molar-refractivity contribution is -0.115. The molecule has 0 saturated carbocycles. The number of nitrogens with one attached hydrogen (secondary N) is 2. The highest BCUT2D eigenvalue weighted by atomic mass is 35.5. The van der Waals surface area contributed by atoms with Gasteiger partial charge >= 0.3 is 0 Å². The van der Waals surface area contributed by atoms with Crippen molar-refractivity contribution in [3.63, 3.8) is 0 Å². The second kappa shape index (κ2) is 10.1. The van der Waals surface area contributed by atoms with Gasteiger partial charge in [-0.2, -0.15) is 5.10 Å². The van der Waals surface area contributed by atoms with E-state index >= 15 is 0 Å². The molecule has 1 heterocycles. The Morgan fingerprint density at radius 1 is 0.970 bits per heavy atom. The number of carbonyl (C=O) groups excluding carboxylic acids is 2. The van der Waals surface area contributed by atoms with Gasteiger partial charge in [0, 0.05) is 40.1 Å². The molecule has 0 radical (unpaired) electrons. The number of rotatable bonds is 7. The topological polar surface area (TPSA) is 76.0 Å². The third-order valence-electron chi connectivity index (χ3n) is 5.03. The molecule has 0 fully saturated rings. The van der Waals surface area contributed by atoms with Crippen molar-refractivity contribution in [3.05, 3.63) is 101 Å².